The van der Waals surface area contributed by atoms with Crippen molar-refractivity contribution in [2.75, 3.05) is 13.7 Å². The van der Waals surface area contributed by atoms with Crippen LogP contribution < -0.4 is 0 Å². The molecular weight excluding hydrogens is 294 g/mol. The van der Waals surface area contributed by atoms with Crippen LogP contribution in [-0.2, 0) is 23.0 Å². The molecule has 2 atom stereocenters. The van der Waals surface area contributed by atoms with E-state index >= 15 is 0 Å². The molecule has 0 aromatic carbocycles. The van der Waals surface area contributed by atoms with Crippen molar-refractivity contribution in [2.45, 2.75) is 38.8 Å². The van der Waals surface area contributed by atoms with E-state index in [-0.39, 0.29) is 18.1 Å². The Morgan fingerprint density at radius 1 is 1.48 bits per heavy atom. The van der Waals surface area contributed by atoms with Crippen LogP contribution >= 0.6 is 0 Å². The van der Waals surface area contributed by atoms with E-state index in [0.29, 0.717) is 13.0 Å². The second-order valence-corrected chi connectivity index (χ2v) is 6.19. The number of imidazole rings is 1. The molecule has 0 unspecified atom stereocenters. The van der Waals surface area contributed by atoms with Crippen LogP contribution in [0.1, 0.15) is 35.2 Å². The molecule has 1 fully saturated rings. The van der Waals surface area contributed by atoms with Crippen molar-refractivity contribution in [3.8, 4) is 0 Å². The highest BCUT2D eigenvalue weighted by Gasteiger charge is 2.38. The van der Waals surface area contributed by atoms with E-state index in [2.05, 4.69) is 15.1 Å². The average molecular weight is 317 g/mol. The van der Waals surface area contributed by atoms with E-state index in [4.69, 9.17) is 4.74 Å². The molecule has 1 aliphatic rings. The molecule has 23 heavy (non-hydrogen) atoms. The molecule has 0 bridgehead atoms. The topological polar surface area (TPSA) is 76.0 Å². The fourth-order valence-electron chi connectivity index (χ4n) is 3.08. The van der Waals surface area contributed by atoms with E-state index in [9.17, 15) is 4.79 Å². The molecule has 0 radical (unpaired) electrons. The van der Waals surface area contributed by atoms with Gasteiger partial charge in [0.1, 0.15) is 5.82 Å². The minimum absolute atomic E-state index is 0.0450. The summed E-state index contributed by atoms with van der Waals surface area (Å²) in [7, 11) is 3.54. The summed E-state index contributed by atoms with van der Waals surface area (Å²) < 4.78 is 7.19. The highest BCUT2D eigenvalue weighted by Crippen LogP contribution is 2.32. The molecule has 1 amide bonds. The van der Waals surface area contributed by atoms with Gasteiger partial charge in [-0.1, -0.05) is 0 Å². The maximum absolute atomic E-state index is 12.8. The number of nitrogens with one attached hydrogen (secondary N) is 1. The minimum atomic E-state index is -0.0588. The van der Waals surface area contributed by atoms with Gasteiger partial charge in [-0.15, -0.1) is 0 Å². The first-order valence-electron chi connectivity index (χ1n) is 7.80. The van der Waals surface area contributed by atoms with E-state index in [1.807, 2.05) is 32.0 Å². The smallest absolute Gasteiger partial charge is 0.227 e. The number of carbonyl (C=O) groups excluding carboxylic acids is 1. The summed E-state index contributed by atoms with van der Waals surface area (Å²) in [5.41, 5.74) is 2.94. The summed E-state index contributed by atoms with van der Waals surface area (Å²) in [5.74, 6) is 0.924. The van der Waals surface area contributed by atoms with Gasteiger partial charge in [-0.3, -0.25) is 9.48 Å². The number of H-pyrrole nitrogens is 1. The van der Waals surface area contributed by atoms with Crippen LogP contribution in [0.5, 0.6) is 0 Å². The molecule has 3 rings (SSSR count). The van der Waals surface area contributed by atoms with Gasteiger partial charge in [-0.25, -0.2) is 4.98 Å². The zero-order valence-corrected chi connectivity index (χ0v) is 14.0. The molecule has 0 saturated carbocycles. The highest BCUT2D eigenvalue weighted by molar-refractivity contribution is 5.79. The van der Waals surface area contributed by atoms with Gasteiger partial charge in [0.15, 0.2) is 0 Å². The summed E-state index contributed by atoms with van der Waals surface area (Å²) in [6.45, 7) is 4.56. The fraction of sp³-hybridized carbons (Fsp3) is 0.562. The first kappa shape index (κ1) is 15.7. The average Bonchev–Trinajstić information content (AvgIpc) is 3.19. The maximum atomic E-state index is 12.8. The van der Waals surface area contributed by atoms with Crippen molar-refractivity contribution < 1.29 is 9.53 Å². The van der Waals surface area contributed by atoms with Crippen LogP contribution in [-0.4, -0.2) is 50.3 Å². The first-order valence-corrected chi connectivity index (χ1v) is 7.80. The standard InChI is InChI=1S/C16H23N5O2/c1-10-11(2)19-16(18-10)14-6-13(23-4)9-21(14)15(22)5-12-7-17-20(3)8-12/h7-8,13-14H,5-6,9H2,1-4H3,(H,18,19)/t13-,14+/m1/s1. The normalized spacial score (nSPS) is 21.1. The quantitative estimate of drug-likeness (QED) is 0.922. The van der Waals surface area contributed by atoms with Crippen LogP contribution in [0.3, 0.4) is 0 Å². The predicted molar refractivity (Wildman–Crippen MR) is 84.8 cm³/mol. The first-order chi connectivity index (χ1) is 11.0. The zero-order chi connectivity index (χ0) is 16.6. The number of hydrogen-bond acceptors (Lipinski definition) is 4. The predicted octanol–water partition coefficient (Wildman–Crippen LogP) is 1.29. The summed E-state index contributed by atoms with van der Waals surface area (Å²) in [6.07, 6.45) is 4.76. The lowest BCUT2D eigenvalue weighted by Crippen LogP contribution is -2.33. The number of hydrogen-bond donors (Lipinski definition) is 1. The van der Waals surface area contributed by atoms with Gasteiger partial charge in [0, 0.05) is 39.0 Å². The van der Waals surface area contributed by atoms with Crippen molar-refractivity contribution >= 4 is 5.91 Å². The Hall–Kier alpha value is -2.15. The maximum Gasteiger partial charge on any atom is 0.227 e. The number of aryl methyl sites for hydroxylation is 3. The summed E-state index contributed by atoms with van der Waals surface area (Å²) in [6, 6.07) is -0.0588. The largest absolute Gasteiger partial charge is 0.380 e. The Balaban J connectivity index is 1.80. The molecule has 1 N–H and O–H groups in total. The molecule has 0 aliphatic carbocycles. The lowest BCUT2D eigenvalue weighted by atomic mass is 10.1. The number of ether oxygens (including phenoxy) is 1. The lowest BCUT2D eigenvalue weighted by molar-refractivity contribution is -0.131. The van der Waals surface area contributed by atoms with Crippen LogP contribution in [0.25, 0.3) is 0 Å². The van der Waals surface area contributed by atoms with Crippen molar-refractivity contribution in [1.29, 1.82) is 0 Å². The van der Waals surface area contributed by atoms with E-state index in [1.54, 1.807) is 18.0 Å². The van der Waals surface area contributed by atoms with Gasteiger partial charge in [0.05, 0.1) is 30.5 Å². The molecule has 7 nitrogen and oxygen atoms in total. The number of aromatic nitrogens is 4. The second-order valence-electron chi connectivity index (χ2n) is 6.19. The van der Waals surface area contributed by atoms with Gasteiger partial charge >= 0.3 is 0 Å². The van der Waals surface area contributed by atoms with E-state index < -0.39 is 0 Å². The summed E-state index contributed by atoms with van der Waals surface area (Å²) in [4.78, 5) is 22.5. The second kappa shape index (κ2) is 6.16. The molecular formula is C16H23N5O2. The molecule has 1 saturated heterocycles. The third kappa shape index (κ3) is 3.14. The highest BCUT2D eigenvalue weighted by atomic mass is 16.5. The van der Waals surface area contributed by atoms with Crippen molar-refractivity contribution in [1.82, 2.24) is 24.6 Å². The van der Waals surface area contributed by atoms with E-state index in [0.717, 1.165) is 29.2 Å². The molecule has 124 valence electrons. The third-order valence-corrected chi connectivity index (χ3v) is 4.49. The van der Waals surface area contributed by atoms with Gasteiger partial charge in [0.25, 0.3) is 0 Å². The Labute approximate surface area is 135 Å². The van der Waals surface area contributed by atoms with Gasteiger partial charge < -0.3 is 14.6 Å². The number of rotatable bonds is 4. The Bertz CT molecular complexity index is 686. The lowest BCUT2D eigenvalue weighted by Gasteiger charge is -2.22. The zero-order valence-electron chi connectivity index (χ0n) is 14.0. The fourth-order valence-corrected chi connectivity index (χ4v) is 3.08. The number of methoxy groups -OCH3 is 1. The number of aromatic amines is 1. The van der Waals surface area contributed by atoms with Crippen LogP contribution in [0, 0.1) is 13.8 Å². The summed E-state index contributed by atoms with van der Waals surface area (Å²) >= 11 is 0. The number of nitrogens with zero attached hydrogens (tertiary/aromatic N) is 4. The van der Waals surface area contributed by atoms with Crippen LogP contribution in [0.4, 0.5) is 0 Å². The van der Waals surface area contributed by atoms with Gasteiger partial charge in [0.2, 0.25) is 5.91 Å². The molecule has 0 spiro atoms. The van der Waals surface area contributed by atoms with E-state index in [1.165, 1.54) is 0 Å². The third-order valence-electron chi connectivity index (χ3n) is 4.49. The molecule has 3 heterocycles. The minimum Gasteiger partial charge on any atom is -0.380 e. The summed E-state index contributed by atoms with van der Waals surface area (Å²) in [5, 5.41) is 4.12. The molecule has 7 heteroatoms. The van der Waals surface area contributed by atoms with Gasteiger partial charge in [-0.2, -0.15) is 5.10 Å². The van der Waals surface area contributed by atoms with Crippen LogP contribution in [0.2, 0.25) is 0 Å². The van der Waals surface area contributed by atoms with Crippen LogP contribution in [0.15, 0.2) is 12.4 Å². The Morgan fingerprint density at radius 2 is 2.26 bits per heavy atom. The molecule has 2 aromatic rings. The van der Waals surface area contributed by atoms with Crippen molar-refractivity contribution in [2.24, 2.45) is 7.05 Å². The number of carbonyl (C=O) groups is 1. The Kier molecular flexibility index (Phi) is 4.21. The van der Waals surface area contributed by atoms with Crippen molar-refractivity contribution in [3.05, 3.63) is 35.2 Å². The molecule has 1 aliphatic heterocycles. The van der Waals surface area contributed by atoms with Crippen molar-refractivity contribution in [3.63, 3.8) is 0 Å². The Morgan fingerprint density at radius 3 is 2.83 bits per heavy atom. The monoisotopic (exact) mass is 317 g/mol. The number of amides is 1. The molecule has 2 aromatic heterocycles. The van der Waals surface area contributed by atoms with Gasteiger partial charge in [-0.05, 0) is 19.4 Å². The SMILES string of the molecule is CO[C@@H]1C[C@@H](c2nc(C)c(C)[nH]2)N(C(=O)Cc2cnn(C)c2)C1. The number of likely N-dealkylation sites (tertiary alicyclic amines) is 1.